The quantitative estimate of drug-likeness (QED) is 0.823. The van der Waals surface area contributed by atoms with E-state index in [1.807, 2.05) is 6.92 Å². The van der Waals surface area contributed by atoms with Crippen molar-refractivity contribution in [3.63, 3.8) is 0 Å². The molecule has 2 N–H and O–H groups in total. The van der Waals surface area contributed by atoms with E-state index in [0.717, 1.165) is 6.42 Å². The van der Waals surface area contributed by atoms with E-state index in [4.69, 9.17) is 5.73 Å². The van der Waals surface area contributed by atoms with Crippen LogP contribution in [-0.4, -0.2) is 5.51 Å². The fraction of sp³-hybridized carbons (Fsp3) is 0.455. The second-order valence-corrected chi connectivity index (χ2v) is 4.59. The van der Waals surface area contributed by atoms with E-state index in [0.29, 0.717) is 12.0 Å². The molecule has 0 radical (unpaired) electrons. The summed E-state index contributed by atoms with van der Waals surface area (Å²) in [5, 5.41) is 0. The highest BCUT2D eigenvalue weighted by Gasteiger charge is 2.30. The van der Waals surface area contributed by atoms with Crippen molar-refractivity contribution in [3.05, 3.63) is 29.8 Å². The van der Waals surface area contributed by atoms with Gasteiger partial charge in [-0.2, -0.15) is 13.2 Å². The Balaban J connectivity index is 0.00000256. The molecule has 0 aromatic heterocycles. The Morgan fingerprint density at radius 2 is 1.88 bits per heavy atom. The Hall–Kier alpha value is -0.390. The number of hydrogen-bond donors (Lipinski definition) is 1. The third-order valence-electron chi connectivity index (χ3n) is 2.14. The van der Waals surface area contributed by atoms with Crippen molar-refractivity contribution in [3.8, 4) is 0 Å². The molecule has 0 heterocycles. The van der Waals surface area contributed by atoms with Gasteiger partial charge in [-0.25, -0.2) is 0 Å². The van der Waals surface area contributed by atoms with Gasteiger partial charge in [0.1, 0.15) is 0 Å². The molecule has 6 heteroatoms. The minimum Gasteiger partial charge on any atom is -0.324 e. The van der Waals surface area contributed by atoms with Crippen LogP contribution >= 0.6 is 24.2 Å². The van der Waals surface area contributed by atoms with Crippen LogP contribution in [0.1, 0.15) is 31.4 Å². The topological polar surface area (TPSA) is 26.0 Å². The average Bonchev–Trinajstić information content (AvgIpc) is 2.16. The van der Waals surface area contributed by atoms with Gasteiger partial charge in [0, 0.05) is 10.9 Å². The Kier molecular flexibility index (Phi) is 6.97. The van der Waals surface area contributed by atoms with Crippen LogP contribution in [0.3, 0.4) is 0 Å². The van der Waals surface area contributed by atoms with Crippen molar-refractivity contribution in [1.29, 1.82) is 0 Å². The first-order valence-electron chi connectivity index (χ1n) is 5.04. The van der Waals surface area contributed by atoms with E-state index in [1.54, 1.807) is 18.2 Å². The normalized spacial score (nSPS) is 13.0. The van der Waals surface area contributed by atoms with Crippen LogP contribution in [0.25, 0.3) is 0 Å². The molecule has 1 atom stereocenters. The SMILES string of the molecule is CCC[C@H](N)c1ccccc1SC(F)(F)F.Cl. The van der Waals surface area contributed by atoms with Crippen LogP contribution in [-0.2, 0) is 0 Å². The minimum absolute atomic E-state index is 0. The molecule has 98 valence electrons. The highest BCUT2D eigenvalue weighted by atomic mass is 35.5. The third-order valence-corrected chi connectivity index (χ3v) is 2.97. The van der Waals surface area contributed by atoms with E-state index < -0.39 is 5.51 Å². The molecule has 0 aliphatic carbocycles. The zero-order chi connectivity index (χ0) is 12.2. The predicted molar refractivity (Wildman–Crippen MR) is 67.4 cm³/mol. The van der Waals surface area contributed by atoms with Crippen molar-refractivity contribution >= 4 is 24.2 Å². The van der Waals surface area contributed by atoms with Crippen LogP contribution in [0.2, 0.25) is 0 Å². The van der Waals surface area contributed by atoms with Crippen LogP contribution in [0.4, 0.5) is 13.2 Å². The second kappa shape index (κ2) is 7.13. The second-order valence-electron chi connectivity index (χ2n) is 3.48. The lowest BCUT2D eigenvalue weighted by Gasteiger charge is -2.16. The van der Waals surface area contributed by atoms with Crippen LogP contribution in [0.15, 0.2) is 29.2 Å². The number of nitrogens with two attached hydrogens (primary N) is 1. The Labute approximate surface area is 109 Å². The number of alkyl halides is 3. The van der Waals surface area contributed by atoms with Crippen molar-refractivity contribution in [2.45, 2.75) is 36.2 Å². The highest BCUT2D eigenvalue weighted by molar-refractivity contribution is 8.00. The molecule has 0 saturated carbocycles. The fourth-order valence-corrected chi connectivity index (χ4v) is 2.20. The van der Waals surface area contributed by atoms with Crippen molar-refractivity contribution in [1.82, 2.24) is 0 Å². The fourth-order valence-electron chi connectivity index (χ4n) is 1.47. The molecule has 1 nitrogen and oxygen atoms in total. The average molecular weight is 286 g/mol. The van der Waals surface area contributed by atoms with E-state index in [9.17, 15) is 13.2 Å². The third kappa shape index (κ3) is 5.66. The van der Waals surface area contributed by atoms with Gasteiger partial charge in [0.25, 0.3) is 0 Å². The molecular formula is C11H15ClF3NS. The molecule has 1 aromatic carbocycles. The summed E-state index contributed by atoms with van der Waals surface area (Å²) in [6.45, 7) is 1.96. The molecular weight excluding hydrogens is 271 g/mol. The first-order valence-corrected chi connectivity index (χ1v) is 5.86. The van der Waals surface area contributed by atoms with Crippen molar-refractivity contribution in [2.24, 2.45) is 5.73 Å². The molecule has 0 aliphatic heterocycles. The number of hydrogen-bond acceptors (Lipinski definition) is 2. The summed E-state index contributed by atoms with van der Waals surface area (Å²) in [7, 11) is 0. The molecule has 0 amide bonds. The smallest absolute Gasteiger partial charge is 0.324 e. The lowest BCUT2D eigenvalue weighted by Crippen LogP contribution is -2.12. The van der Waals surface area contributed by atoms with Crippen molar-refractivity contribution < 1.29 is 13.2 Å². The van der Waals surface area contributed by atoms with Gasteiger partial charge in [0.2, 0.25) is 0 Å². The lowest BCUT2D eigenvalue weighted by molar-refractivity contribution is -0.0328. The number of halogens is 4. The van der Waals surface area contributed by atoms with Gasteiger partial charge in [-0.15, -0.1) is 12.4 Å². The van der Waals surface area contributed by atoms with Crippen LogP contribution < -0.4 is 5.73 Å². The van der Waals surface area contributed by atoms with Gasteiger partial charge >= 0.3 is 5.51 Å². The van der Waals surface area contributed by atoms with Gasteiger partial charge in [-0.1, -0.05) is 31.5 Å². The molecule has 17 heavy (non-hydrogen) atoms. The zero-order valence-electron chi connectivity index (χ0n) is 9.33. The molecule has 0 saturated heterocycles. The van der Waals surface area contributed by atoms with E-state index >= 15 is 0 Å². The maximum Gasteiger partial charge on any atom is 0.446 e. The molecule has 0 fully saturated rings. The first-order chi connectivity index (χ1) is 7.44. The summed E-state index contributed by atoms with van der Waals surface area (Å²) < 4.78 is 36.9. The van der Waals surface area contributed by atoms with Crippen LogP contribution in [0, 0.1) is 0 Å². The van der Waals surface area contributed by atoms with Gasteiger partial charge in [-0.05, 0) is 29.8 Å². The van der Waals surface area contributed by atoms with E-state index in [2.05, 4.69) is 0 Å². The van der Waals surface area contributed by atoms with Gasteiger partial charge in [-0.3, -0.25) is 0 Å². The summed E-state index contributed by atoms with van der Waals surface area (Å²) in [4.78, 5) is 0.205. The summed E-state index contributed by atoms with van der Waals surface area (Å²) in [5.41, 5.74) is 2.16. The van der Waals surface area contributed by atoms with Gasteiger partial charge in [0.05, 0.1) is 0 Å². The summed E-state index contributed by atoms with van der Waals surface area (Å²) in [5.74, 6) is 0. The zero-order valence-corrected chi connectivity index (χ0v) is 11.0. The molecule has 0 aliphatic rings. The summed E-state index contributed by atoms with van der Waals surface area (Å²) >= 11 is -0.0984. The predicted octanol–water partition coefficient (Wildman–Crippen LogP) is 4.52. The summed E-state index contributed by atoms with van der Waals surface area (Å²) in [6, 6.07) is 6.11. The van der Waals surface area contributed by atoms with E-state index in [-0.39, 0.29) is 35.1 Å². The van der Waals surface area contributed by atoms with Crippen LogP contribution in [0.5, 0.6) is 0 Å². The largest absolute Gasteiger partial charge is 0.446 e. The molecule has 0 spiro atoms. The maximum atomic E-state index is 12.3. The minimum atomic E-state index is -4.26. The molecule has 1 aromatic rings. The Morgan fingerprint density at radius 1 is 1.29 bits per heavy atom. The molecule has 0 bridgehead atoms. The first kappa shape index (κ1) is 16.6. The molecule has 0 unspecified atom stereocenters. The van der Waals surface area contributed by atoms with Crippen molar-refractivity contribution in [2.75, 3.05) is 0 Å². The van der Waals surface area contributed by atoms with E-state index in [1.165, 1.54) is 6.07 Å². The van der Waals surface area contributed by atoms with Gasteiger partial charge < -0.3 is 5.73 Å². The summed E-state index contributed by atoms with van der Waals surface area (Å²) in [6.07, 6.45) is 1.54. The lowest BCUT2D eigenvalue weighted by atomic mass is 10.0. The number of rotatable bonds is 4. The Morgan fingerprint density at radius 3 is 2.41 bits per heavy atom. The maximum absolute atomic E-state index is 12.3. The number of benzene rings is 1. The Bertz CT molecular complexity index is 344. The van der Waals surface area contributed by atoms with Gasteiger partial charge in [0.15, 0.2) is 0 Å². The standard InChI is InChI=1S/C11H14F3NS.ClH/c1-2-5-9(15)8-6-3-4-7-10(8)16-11(12,13)14;/h3-4,6-7,9H,2,5,15H2,1H3;1H/t9-;/m0./s1. The monoisotopic (exact) mass is 285 g/mol. The molecule has 1 rings (SSSR count). The number of thioether (sulfide) groups is 1. The highest BCUT2D eigenvalue weighted by Crippen LogP contribution is 2.40.